The molecule has 0 radical (unpaired) electrons. The molecule has 0 N–H and O–H groups in total. The molecule has 4 aromatic rings. The van der Waals surface area contributed by atoms with Crippen molar-refractivity contribution in [1.82, 2.24) is 15.2 Å². The molecule has 8 nitrogen and oxygen atoms in total. The second kappa shape index (κ2) is 9.01. The van der Waals surface area contributed by atoms with Crippen LogP contribution in [0.25, 0.3) is 11.5 Å². The van der Waals surface area contributed by atoms with Crippen molar-refractivity contribution < 1.29 is 18.4 Å². The van der Waals surface area contributed by atoms with E-state index in [9.17, 15) is 4.79 Å². The number of thioether (sulfide) groups is 1. The standard InChI is InChI=1S/C22H18N4O4S2/c1-28-15-8-6-14(7-9-15)21-23-24-22(30-21)32-13-20(27)26-17(19-5-3-11-31-19)12-16(25-26)18-4-2-10-29-18/h2-11,17H,12-13H2,1H3/t17-/m1/s1. The summed E-state index contributed by atoms with van der Waals surface area (Å²) in [5, 5.41) is 16.6. The zero-order valence-electron chi connectivity index (χ0n) is 17.0. The third kappa shape index (κ3) is 4.19. The summed E-state index contributed by atoms with van der Waals surface area (Å²) in [6.07, 6.45) is 2.21. The zero-order chi connectivity index (χ0) is 21.9. The van der Waals surface area contributed by atoms with E-state index in [2.05, 4.69) is 15.3 Å². The number of benzene rings is 1. The second-order valence-electron chi connectivity index (χ2n) is 6.89. The zero-order valence-corrected chi connectivity index (χ0v) is 18.6. The number of carbonyl (C=O) groups is 1. The van der Waals surface area contributed by atoms with E-state index in [-0.39, 0.29) is 17.7 Å². The first kappa shape index (κ1) is 20.5. The van der Waals surface area contributed by atoms with Crippen molar-refractivity contribution >= 4 is 34.7 Å². The normalized spacial score (nSPS) is 15.7. The van der Waals surface area contributed by atoms with Crippen LogP contribution in [0, 0.1) is 0 Å². The quantitative estimate of drug-likeness (QED) is 0.359. The molecule has 5 rings (SSSR count). The Morgan fingerprint density at radius 1 is 1.22 bits per heavy atom. The van der Waals surface area contributed by atoms with Crippen LogP contribution in [0.2, 0.25) is 0 Å². The Morgan fingerprint density at radius 2 is 2.09 bits per heavy atom. The van der Waals surface area contributed by atoms with Gasteiger partial charge in [-0.15, -0.1) is 21.5 Å². The van der Waals surface area contributed by atoms with E-state index in [4.69, 9.17) is 13.6 Å². The summed E-state index contributed by atoms with van der Waals surface area (Å²) < 4.78 is 16.4. The van der Waals surface area contributed by atoms with Gasteiger partial charge in [-0.2, -0.15) is 5.10 Å². The van der Waals surface area contributed by atoms with E-state index < -0.39 is 0 Å². The maximum Gasteiger partial charge on any atom is 0.277 e. The van der Waals surface area contributed by atoms with Crippen LogP contribution in [0.4, 0.5) is 0 Å². The molecule has 0 unspecified atom stereocenters. The Labute approximate surface area is 191 Å². The summed E-state index contributed by atoms with van der Waals surface area (Å²) in [5.74, 6) is 1.79. The summed E-state index contributed by atoms with van der Waals surface area (Å²) in [5.41, 5.74) is 1.54. The first-order chi connectivity index (χ1) is 15.7. The van der Waals surface area contributed by atoms with Crippen LogP contribution < -0.4 is 4.74 Å². The maximum atomic E-state index is 13.1. The highest BCUT2D eigenvalue weighted by Gasteiger charge is 2.34. The number of amides is 1. The number of hydrogen-bond acceptors (Lipinski definition) is 9. The minimum Gasteiger partial charge on any atom is -0.497 e. The fourth-order valence-electron chi connectivity index (χ4n) is 3.34. The highest BCUT2D eigenvalue weighted by molar-refractivity contribution is 7.99. The molecule has 0 saturated carbocycles. The molecule has 10 heteroatoms. The molecule has 4 heterocycles. The van der Waals surface area contributed by atoms with E-state index in [1.165, 1.54) is 16.8 Å². The third-order valence-electron chi connectivity index (χ3n) is 4.91. The summed E-state index contributed by atoms with van der Waals surface area (Å²) in [6, 6.07) is 14.8. The smallest absolute Gasteiger partial charge is 0.277 e. The number of ether oxygens (including phenoxy) is 1. The van der Waals surface area contributed by atoms with Crippen molar-refractivity contribution in [3.63, 3.8) is 0 Å². The van der Waals surface area contributed by atoms with Crippen LogP contribution in [0.15, 0.2) is 79.3 Å². The number of carbonyl (C=O) groups excluding carboxylic acids is 1. The molecule has 1 aromatic carbocycles. The van der Waals surface area contributed by atoms with Gasteiger partial charge >= 0.3 is 0 Å². The second-order valence-corrected chi connectivity index (χ2v) is 8.79. The Bertz CT molecular complexity index is 1220. The molecular weight excluding hydrogens is 448 g/mol. The van der Waals surface area contributed by atoms with Crippen LogP contribution in [-0.4, -0.2) is 39.7 Å². The highest BCUT2D eigenvalue weighted by Crippen LogP contribution is 2.36. The highest BCUT2D eigenvalue weighted by atomic mass is 32.2. The van der Waals surface area contributed by atoms with Crippen molar-refractivity contribution in [2.24, 2.45) is 5.10 Å². The van der Waals surface area contributed by atoms with Crippen molar-refractivity contribution in [1.29, 1.82) is 0 Å². The number of thiophene rings is 1. The Morgan fingerprint density at radius 3 is 2.81 bits per heavy atom. The lowest BCUT2D eigenvalue weighted by Crippen LogP contribution is -2.28. The van der Waals surface area contributed by atoms with Gasteiger partial charge in [0.25, 0.3) is 11.1 Å². The first-order valence-electron chi connectivity index (χ1n) is 9.79. The SMILES string of the molecule is COc1ccc(-c2nnc(SCC(=O)N3N=C(c4ccco4)C[C@@H]3c3cccs3)o2)cc1. The minimum atomic E-state index is -0.152. The summed E-state index contributed by atoms with van der Waals surface area (Å²) in [4.78, 5) is 14.1. The predicted molar refractivity (Wildman–Crippen MR) is 121 cm³/mol. The lowest BCUT2D eigenvalue weighted by Gasteiger charge is -2.20. The number of hydrazone groups is 1. The number of methoxy groups -OCH3 is 1. The number of furan rings is 1. The number of hydrogen-bond donors (Lipinski definition) is 0. The lowest BCUT2D eigenvalue weighted by molar-refractivity contribution is -0.130. The number of aromatic nitrogens is 2. The van der Waals surface area contributed by atoms with Gasteiger partial charge in [-0.05, 0) is 47.8 Å². The summed E-state index contributed by atoms with van der Waals surface area (Å²) in [6.45, 7) is 0. The van der Waals surface area contributed by atoms with Gasteiger partial charge in [0, 0.05) is 16.9 Å². The monoisotopic (exact) mass is 466 g/mol. The minimum absolute atomic E-state index is 0.126. The van der Waals surface area contributed by atoms with Crippen molar-refractivity contribution in [2.45, 2.75) is 17.7 Å². The van der Waals surface area contributed by atoms with Crippen molar-refractivity contribution in [2.75, 3.05) is 12.9 Å². The van der Waals surface area contributed by atoms with Crippen LogP contribution in [-0.2, 0) is 4.79 Å². The molecule has 32 heavy (non-hydrogen) atoms. The molecule has 3 aromatic heterocycles. The first-order valence-corrected chi connectivity index (χ1v) is 11.7. The van der Waals surface area contributed by atoms with Crippen LogP contribution in [0.1, 0.15) is 23.1 Å². The van der Waals surface area contributed by atoms with Gasteiger partial charge in [-0.3, -0.25) is 4.79 Å². The van der Waals surface area contributed by atoms with Gasteiger partial charge in [-0.25, -0.2) is 5.01 Å². The Balaban J connectivity index is 1.28. The Kier molecular flexibility index (Phi) is 5.78. The van der Waals surface area contributed by atoms with Gasteiger partial charge in [0.1, 0.15) is 17.2 Å². The van der Waals surface area contributed by atoms with E-state index in [1.807, 2.05) is 53.9 Å². The van der Waals surface area contributed by atoms with Crippen molar-refractivity contribution in [3.05, 3.63) is 70.8 Å². The molecule has 1 aliphatic rings. The van der Waals surface area contributed by atoms with E-state index >= 15 is 0 Å². The average molecular weight is 467 g/mol. The van der Waals surface area contributed by atoms with E-state index in [0.29, 0.717) is 23.3 Å². The number of rotatable bonds is 7. The molecule has 1 aliphatic heterocycles. The third-order valence-corrected chi connectivity index (χ3v) is 6.68. The molecule has 1 amide bonds. The molecule has 0 spiro atoms. The van der Waals surface area contributed by atoms with Crippen LogP contribution >= 0.6 is 23.1 Å². The molecule has 0 bridgehead atoms. The molecule has 0 aliphatic carbocycles. The van der Waals surface area contributed by atoms with Crippen LogP contribution in [0.3, 0.4) is 0 Å². The van der Waals surface area contributed by atoms with E-state index in [1.54, 1.807) is 24.7 Å². The van der Waals surface area contributed by atoms with E-state index in [0.717, 1.165) is 21.9 Å². The topological polar surface area (TPSA) is 94.0 Å². The average Bonchev–Trinajstić information content (AvgIpc) is 3.63. The van der Waals surface area contributed by atoms with Gasteiger partial charge in [-0.1, -0.05) is 17.8 Å². The predicted octanol–water partition coefficient (Wildman–Crippen LogP) is 4.87. The molecule has 0 fully saturated rings. The number of nitrogens with zero attached hydrogens (tertiary/aromatic N) is 4. The van der Waals surface area contributed by atoms with Crippen molar-refractivity contribution in [3.8, 4) is 17.2 Å². The van der Waals surface area contributed by atoms with Gasteiger partial charge in [0.05, 0.1) is 25.2 Å². The largest absolute Gasteiger partial charge is 0.497 e. The van der Waals surface area contributed by atoms with Gasteiger partial charge in [0.15, 0.2) is 0 Å². The molecule has 0 saturated heterocycles. The maximum absolute atomic E-state index is 13.1. The lowest BCUT2D eigenvalue weighted by atomic mass is 10.1. The fourth-order valence-corrected chi connectivity index (χ4v) is 4.77. The molecule has 1 atom stereocenters. The molecular formula is C22H18N4O4S2. The van der Waals surface area contributed by atoms with Gasteiger partial charge < -0.3 is 13.6 Å². The fraction of sp³-hybridized carbons (Fsp3) is 0.182. The van der Waals surface area contributed by atoms with Gasteiger partial charge in [0.2, 0.25) is 5.89 Å². The Hall–Kier alpha value is -3.37. The van der Waals surface area contributed by atoms with Crippen LogP contribution in [0.5, 0.6) is 5.75 Å². The summed E-state index contributed by atoms with van der Waals surface area (Å²) in [7, 11) is 1.61. The summed E-state index contributed by atoms with van der Waals surface area (Å²) >= 11 is 2.80. The molecule has 162 valence electrons.